The molecule has 0 unspecified atom stereocenters. The lowest BCUT2D eigenvalue weighted by Gasteiger charge is -1.98. The van der Waals surface area contributed by atoms with Gasteiger partial charge in [0.1, 0.15) is 5.69 Å². The number of hydrogen-bond acceptors (Lipinski definition) is 8. The number of nitrogen functional groups attached to an aromatic ring is 1. The monoisotopic (exact) mass is 336 g/mol. The van der Waals surface area contributed by atoms with Crippen LogP contribution in [0.15, 0.2) is 51.2 Å². The Hall–Kier alpha value is -3.62. The van der Waals surface area contributed by atoms with E-state index in [0.717, 1.165) is 5.56 Å². The van der Waals surface area contributed by atoms with Crippen LogP contribution in [-0.2, 0) is 0 Å². The fraction of sp³-hybridized carbons (Fsp3) is 0.125. The van der Waals surface area contributed by atoms with Gasteiger partial charge in [-0.25, -0.2) is 4.63 Å². The molecular weight excluding hydrogens is 320 g/mol. The van der Waals surface area contributed by atoms with Crippen molar-refractivity contribution in [1.29, 1.82) is 0 Å². The first-order valence-electron chi connectivity index (χ1n) is 7.47. The van der Waals surface area contributed by atoms with E-state index in [-0.39, 0.29) is 5.82 Å². The van der Waals surface area contributed by atoms with Crippen LogP contribution >= 0.6 is 0 Å². The largest absolute Gasteiger partial charge is 0.378 e. The lowest BCUT2D eigenvalue weighted by atomic mass is 10.2. The van der Waals surface area contributed by atoms with Crippen LogP contribution in [0.1, 0.15) is 23.9 Å². The average molecular weight is 336 g/mol. The summed E-state index contributed by atoms with van der Waals surface area (Å²) in [4.78, 5) is 0. The summed E-state index contributed by atoms with van der Waals surface area (Å²) in [5, 5.41) is 23.5. The van der Waals surface area contributed by atoms with Gasteiger partial charge in [0.2, 0.25) is 11.6 Å². The Morgan fingerprint density at radius 3 is 2.76 bits per heavy atom. The molecule has 0 bridgehead atoms. The molecule has 0 spiro atoms. The first-order chi connectivity index (χ1) is 12.2. The van der Waals surface area contributed by atoms with E-state index >= 15 is 0 Å². The molecule has 0 aliphatic carbocycles. The topological polar surface area (TPSA) is 120 Å². The molecule has 3 aromatic rings. The summed E-state index contributed by atoms with van der Waals surface area (Å²) in [6.07, 6.45) is 5.36. The van der Waals surface area contributed by atoms with E-state index in [1.807, 2.05) is 49.4 Å². The maximum absolute atomic E-state index is 5.67. The van der Waals surface area contributed by atoms with Crippen LogP contribution in [0.3, 0.4) is 0 Å². The van der Waals surface area contributed by atoms with Crippen molar-refractivity contribution in [2.24, 2.45) is 10.2 Å². The van der Waals surface area contributed by atoms with Crippen molar-refractivity contribution >= 4 is 23.8 Å². The van der Waals surface area contributed by atoms with Crippen LogP contribution < -0.4 is 5.73 Å². The molecule has 126 valence electrons. The molecule has 0 saturated heterocycles. The van der Waals surface area contributed by atoms with E-state index in [0.29, 0.717) is 22.9 Å². The highest BCUT2D eigenvalue weighted by molar-refractivity contribution is 5.98. The summed E-state index contributed by atoms with van der Waals surface area (Å²) >= 11 is 0. The lowest BCUT2D eigenvalue weighted by molar-refractivity contribution is 0.306. The van der Waals surface area contributed by atoms with Gasteiger partial charge in [-0.3, -0.25) is 0 Å². The minimum Gasteiger partial charge on any atom is -0.378 e. The van der Waals surface area contributed by atoms with Gasteiger partial charge >= 0.3 is 0 Å². The van der Waals surface area contributed by atoms with E-state index in [1.54, 1.807) is 13.1 Å². The Balaban J connectivity index is 1.73. The molecular formula is C16H16N8O. The lowest BCUT2D eigenvalue weighted by Crippen LogP contribution is -2.04. The predicted octanol–water partition coefficient (Wildman–Crippen LogP) is 2.05. The second-order valence-electron chi connectivity index (χ2n) is 5.13. The van der Waals surface area contributed by atoms with Crippen molar-refractivity contribution in [2.75, 3.05) is 5.73 Å². The van der Waals surface area contributed by atoms with E-state index in [1.165, 1.54) is 4.68 Å². The minimum absolute atomic E-state index is 0.137. The number of rotatable bonds is 5. The highest BCUT2D eigenvalue weighted by Gasteiger charge is 2.17. The molecule has 0 amide bonds. The van der Waals surface area contributed by atoms with E-state index < -0.39 is 0 Å². The predicted molar refractivity (Wildman–Crippen MR) is 94.5 cm³/mol. The molecule has 0 aliphatic heterocycles. The maximum Gasteiger partial charge on any atom is 0.243 e. The second kappa shape index (κ2) is 7.30. The Bertz CT molecular complexity index is 936. The zero-order valence-corrected chi connectivity index (χ0v) is 13.7. The quantitative estimate of drug-likeness (QED) is 0.562. The van der Waals surface area contributed by atoms with Gasteiger partial charge < -0.3 is 5.73 Å². The maximum atomic E-state index is 5.67. The molecule has 0 atom stereocenters. The molecule has 0 fully saturated rings. The zero-order chi connectivity index (χ0) is 17.6. The van der Waals surface area contributed by atoms with Gasteiger partial charge in [-0.05, 0) is 35.8 Å². The number of benzene rings is 1. The van der Waals surface area contributed by atoms with Crippen LogP contribution in [0.5, 0.6) is 0 Å². The first-order valence-corrected chi connectivity index (χ1v) is 7.47. The third kappa shape index (κ3) is 3.66. The summed E-state index contributed by atoms with van der Waals surface area (Å²) < 4.78 is 6.02. The van der Waals surface area contributed by atoms with Gasteiger partial charge in [0.05, 0.1) is 11.4 Å². The van der Waals surface area contributed by atoms with Gasteiger partial charge in [-0.15, -0.1) is 5.10 Å². The Morgan fingerprint density at radius 2 is 2.04 bits per heavy atom. The van der Waals surface area contributed by atoms with Crippen molar-refractivity contribution in [2.45, 2.75) is 13.8 Å². The highest BCUT2D eigenvalue weighted by atomic mass is 16.6. The Labute approximate surface area is 143 Å². The molecule has 0 aliphatic rings. The molecule has 2 aromatic heterocycles. The molecule has 1 aromatic carbocycles. The fourth-order valence-electron chi connectivity index (χ4n) is 2.13. The van der Waals surface area contributed by atoms with E-state index in [9.17, 15) is 0 Å². The highest BCUT2D eigenvalue weighted by Crippen LogP contribution is 2.15. The average Bonchev–Trinajstić information content (AvgIpc) is 3.20. The van der Waals surface area contributed by atoms with Crippen molar-refractivity contribution in [3.05, 3.63) is 53.4 Å². The number of allylic oxidation sites excluding steroid dienone is 1. The van der Waals surface area contributed by atoms with Gasteiger partial charge in [0.25, 0.3) is 0 Å². The van der Waals surface area contributed by atoms with Gasteiger partial charge in [0, 0.05) is 6.21 Å². The molecule has 9 nitrogen and oxygen atoms in total. The fourth-order valence-corrected chi connectivity index (χ4v) is 2.13. The number of nitrogens with zero attached hydrogens (tertiary/aromatic N) is 7. The number of anilines is 1. The smallest absolute Gasteiger partial charge is 0.243 e. The summed E-state index contributed by atoms with van der Waals surface area (Å²) in [5.74, 6) is 0.427. The summed E-state index contributed by atoms with van der Waals surface area (Å²) in [7, 11) is 0. The first kappa shape index (κ1) is 16.2. The van der Waals surface area contributed by atoms with Crippen molar-refractivity contribution in [1.82, 2.24) is 25.3 Å². The molecule has 0 radical (unpaired) electrons. The van der Waals surface area contributed by atoms with Crippen LogP contribution in [0.25, 0.3) is 11.9 Å². The Morgan fingerprint density at radius 1 is 1.24 bits per heavy atom. The molecule has 3 rings (SSSR count). The Kier molecular flexibility index (Phi) is 4.74. The zero-order valence-electron chi connectivity index (χ0n) is 13.7. The van der Waals surface area contributed by atoms with E-state index in [4.69, 9.17) is 5.73 Å². The van der Waals surface area contributed by atoms with Gasteiger partial charge in [-0.1, -0.05) is 41.6 Å². The van der Waals surface area contributed by atoms with Gasteiger partial charge in [-0.2, -0.15) is 14.9 Å². The third-order valence-electron chi connectivity index (χ3n) is 3.38. The molecule has 2 N–H and O–H groups in total. The standard InChI is InChI=1S/C16H16N8O/c1-11(19-18-10-6-9-13-7-4-3-5-8-13)14-12(2)24(23-20-14)16-15(17)21-25-22-16/h3-10H,1-2H3,(H2,17,21)/b9-6+,18-10?,19-11?. The SMILES string of the molecule is CC(=NN=C/C=C/c1ccccc1)c1nnn(-c2nonc2N)c1C. The third-order valence-corrected chi connectivity index (χ3v) is 3.38. The van der Waals surface area contributed by atoms with Crippen LogP contribution in [0.2, 0.25) is 0 Å². The van der Waals surface area contributed by atoms with Crippen LogP contribution in [-0.4, -0.2) is 37.2 Å². The number of aromatic nitrogens is 5. The summed E-state index contributed by atoms with van der Waals surface area (Å²) in [6.45, 7) is 3.62. The number of hydrogen-bond donors (Lipinski definition) is 1. The van der Waals surface area contributed by atoms with E-state index in [2.05, 4.69) is 35.5 Å². The minimum atomic E-state index is 0.137. The molecule has 25 heavy (non-hydrogen) atoms. The van der Waals surface area contributed by atoms with Crippen molar-refractivity contribution in [3.63, 3.8) is 0 Å². The summed E-state index contributed by atoms with van der Waals surface area (Å²) in [6, 6.07) is 9.93. The molecule has 9 heteroatoms. The number of nitrogens with two attached hydrogens (primary N) is 1. The normalized spacial score (nSPS) is 12.5. The van der Waals surface area contributed by atoms with Crippen LogP contribution in [0, 0.1) is 6.92 Å². The van der Waals surface area contributed by atoms with Crippen molar-refractivity contribution in [3.8, 4) is 5.82 Å². The summed E-state index contributed by atoms with van der Waals surface area (Å²) in [5.41, 5.74) is 8.67. The molecule has 2 heterocycles. The van der Waals surface area contributed by atoms with Crippen LogP contribution in [0.4, 0.5) is 5.82 Å². The van der Waals surface area contributed by atoms with Gasteiger partial charge in [0.15, 0.2) is 0 Å². The molecule has 0 saturated carbocycles. The second-order valence-corrected chi connectivity index (χ2v) is 5.13. The van der Waals surface area contributed by atoms with Crippen molar-refractivity contribution < 1.29 is 4.63 Å².